The standard InChI is InChI=1S/C12H20N2O2/c1-3-14(4-2)12(16)10-7-13-6-5-9(10)11(15)8-13/h9-10H,3-8H2,1-2H3. The predicted molar refractivity (Wildman–Crippen MR) is 61.0 cm³/mol. The lowest BCUT2D eigenvalue weighted by molar-refractivity contribution is -0.149. The lowest BCUT2D eigenvalue weighted by atomic mass is 9.77. The lowest BCUT2D eigenvalue weighted by Gasteiger charge is -2.43. The van der Waals surface area contributed by atoms with E-state index < -0.39 is 0 Å². The highest BCUT2D eigenvalue weighted by molar-refractivity contribution is 5.91. The molecule has 4 nitrogen and oxygen atoms in total. The van der Waals surface area contributed by atoms with Crippen LogP contribution in [0.4, 0.5) is 0 Å². The summed E-state index contributed by atoms with van der Waals surface area (Å²) in [5.74, 6) is 0.365. The maximum absolute atomic E-state index is 12.2. The van der Waals surface area contributed by atoms with Gasteiger partial charge in [-0.3, -0.25) is 14.5 Å². The SMILES string of the molecule is CCN(CC)C(=O)C1CN2CCC1C(=O)C2. The van der Waals surface area contributed by atoms with Crippen LogP contribution < -0.4 is 0 Å². The number of hydrogen-bond donors (Lipinski definition) is 0. The van der Waals surface area contributed by atoms with E-state index in [0.717, 1.165) is 32.6 Å². The summed E-state index contributed by atoms with van der Waals surface area (Å²) in [6.45, 7) is 7.80. The van der Waals surface area contributed by atoms with E-state index in [1.54, 1.807) is 0 Å². The molecule has 0 aromatic heterocycles. The van der Waals surface area contributed by atoms with Crippen molar-refractivity contribution in [3.63, 3.8) is 0 Å². The average Bonchev–Trinajstić information content (AvgIpc) is 2.30. The van der Waals surface area contributed by atoms with Gasteiger partial charge in [0.2, 0.25) is 5.91 Å². The summed E-state index contributed by atoms with van der Waals surface area (Å²) in [7, 11) is 0. The summed E-state index contributed by atoms with van der Waals surface area (Å²) in [5.41, 5.74) is 0. The van der Waals surface area contributed by atoms with Crippen molar-refractivity contribution in [3.8, 4) is 0 Å². The zero-order valence-corrected chi connectivity index (χ0v) is 10.1. The van der Waals surface area contributed by atoms with E-state index in [2.05, 4.69) is 4.90 Å². The summed E-state index contributed by atoms with van der Waals surface area (Å²) >= 11 is 0. The Morgan fingerprint density at radius 1 is 1.44 bits per heavy atom. The minimum atomic E-state index is -0.0742. The van der Waals surface area contributed by atoms with Crippen molar-refractivity contribution in [2.75, 3.05) is 32.7 Å². The second kappa shape index (κ2) is 4.53. The van der Waals surface area contributed by atoms with Crippen LogP contribution in [0, 0.1) is 11.8 Å². The zero-order valence-electron chi connectivity index (χ0n) is 10.1. The monoisotopic (exact) mass is 224 g/mol. The van der Waals surface area contributed by atoms with Crippen LogP contribution in [0.25, 0.3) is 0 Å². The van der Waals surface area contributed by atoms with Gasteiger partial charge in [-0.2, -0.15) is 0 Å². The number of carbonyl (C=O) groups excluding carboxylic acids is 2. The number of nitrogens with zero attached hydrogens (tertiary/aromatic N) is 2. The van der Waals surface area contributed by atoms with E-state index in [-0.39, 0.29) is 23.5 Å². The van der Waals surface area contributed by atoms with Gasteiger partial charge in [0.1, 0.15) is 0 Å². The third kappa shape index (κ3) is 1.86. The maximum atomic E-state index is 12.2. The fraction of sp³-hybridized carbons (Fsp3) is 0.833. The molecule has 0 N–H and O–H groups in total. The second-order valence-electron chi connectivity index (χ2n) is 4.71. The second-order valence-corrected chi connectivity index (χ2v) is 4.71. The van der Waals surface area contributed by atoms with Crippen molar-refractivity contribution in [2.24, 2.45) is 11.8 Å². The van der Waals surface area contributed by atoms with Crippen molar-refractivity contribution in [1.82, 2.24) is 9.80 Å². The Morgan fingerprint density at radius 3 is 2.62 bits per heavy atom. The highest BCUT2D eigenvalue weighted by atomic mass is 16.2. The molecule has 3 heterocycles. The van der Waals surface area contributed by atoms with Crippen molar-refractivity contribution in [1.29, 1.82) is 0 Å². The van der Waals surface area contributed by atoms with Crippen molar-refractivity contribution in [3.05, 3.63) is 0 Å². The number of carbonyl (C=O) groups is 2. The molecule has 90 valence electrons. The molecule has 2 bridgehead atoms. The number of rotatable bonds is 3. The van der Waals surface area contributed by atoms with E-state index in [0.29, 0.717) is 6.54 Å². The van der Waals surface area contributed by atoms with E-state index in [1.807, 2.05) is 18.7 Å². The summed E-state index contributed by atoms with van der Waals surface area (Å²) in [5, 5.41) is 0. The highest BCUT2D eigenvalue weighted by Gasteiger charge is 2.44. The smallest absolute Gasteiger partial charge is 0.227 e. The third-order valence-electron chi connectivity index (χ3n) is 3.88. The normalized spacial score (nSPS) is 32.9. The Labute approximate surface area is 96.6 Å². The molecule has 3 unspecified atom stereocenters. The molecule has 0 saturated carbocycles. The van der Waals surface area contributed by atoms with Gasteiger partial charge >= 0.3 is 0 Å². The predicted octanol–water partition coefficient (Wildman–Crippen LogP) is 0.376. The number of hydrogen-bond acceptors (Lipinski definition) is 3. The Kier molecular flexibility index (Phi) is 3.28. The molecule has 3 aliphatic heterocycles. The molecule has 3 aliphatic rings. The van der Waals surface area contributed by atoms with Gasteiger partial charge in [0.05, 0.1) is 12.5 Å². The summed E-state index contributed by atoms with van der Waals surface area (Å²) in [4.78, 5) is 28.0. The Bertz CT molecular complexity index is 299. The number of piperidine rings is 3. The largest absolute Gasteiger partial charge is 0.343 e. The number of fused-ring (bicyclic) bond motifs is 3. The number of amides is 1. The van der Waals surface area contributed by atoms with Gasteiger partial charge in [-0.05, 0) is 26.8 Å². The number of Topliss-reactive ketones (excluding diaryl/α,β-unsaturated/α-hetero) is 1. The average molecular weight is 224 g/mol. The molecule has 0 aliphatic carbocycles. The minimum absolute atomic E-state index is 0.00176. The van der Waals surface area contributed by atoms with E-state index >= 15 is 0 Å². The van der Waals surface area contributed by atoms with Crippen LogP contribution in [0.5, 0.6) is 0 Å². The molecule has 1 amide bonds. The van der Waals surface area contributed by atoms with Gasteiger partial charge in [0.25, 0.3) is 0 Å². The fourth-order valence-corrected chi connectivity index (χ4v) is 2.91. The molecule has 3 saturated heterocycles. The maximum Gasteiger partial charge on any atom is 0.227 e. The first kappa shape index (κ1) is 11.6. The summed E-state index contributed by atoms with van der Waals surface area (Å²) in [6, 6.07) is 0. The molecular weight excluding hydrogens is 204 g/mol. The number of ketones is 1. The van der Waals surface area contributed by atoms with Crippen LogP contribution in [0.1, 0.15) is 20.3 Å². The highest BCUT2D eigenvalue weighted by Crippen LogP contribution is 2.31. The Morgan fingerprint density at radius 2 is 2.12 bits per heavy atom. The van der Waals surface area contributed by atoms with Crippen LogP contribution in [0.2, 0.25) is 0 Å². The van der Waals surface area contributed by atoms with Crippen molar-refractivity contribution >= 4 is 11.7 Å². The van der Waals surface area contributed by atoms with E-state index in [1.165, 1.54) is 0 Å². The Balaban J connectivity index is 2.10. The molecule has 3 atom stereocenters. The zero-order chi connectivity index (χ0) is 11.7. The summed E-state index contributed by atoms with van der Waals surface area (Å²) in [6.07, 6.45) is 0.872. The van der Waals surface area contributed by atoms with Gasteiger partial charge < -0.3 is 4.90 Å². The molecule has 0 aromatic rings. The molecule has 3 rings (SSSR count). The van der Waals surface area contributed by atoms with Crippen LogP contribution in [-0.2, 0) is 9.59 Å². The van der Waals surface area contributed by atoms with Crippen molar-refractivity contribution in [2.45, 2.75) is 20.3 Å². The first-order chi connectivity index (χ1) is 7.67. The van der Waals surface area contributed by atoms with Gasteiger partial charge in [-0.15, -0.1) is 0 Å². The molecular formula is C12H20N2O2. The molecule has 3 fully saturated rings. The van der Waals surface area contributed by atoms with Crippen LogP contribution in [-0.4, -0.2) is 54.2 Å². The third-order valence-corrected chi connectivity index (χ3v) is 3.88. The molecule has 16 heavy (non-hydrogen) atoms. The lowest BCUT2D eigenvalue weighted by Crippen LogP contribution is -2.57. The van der Waals surface area contributed by atoms with Gasteiger partial charge in [-0.25, -0.2) is 0 Å². The summed E-state index contributed by atoms with van der Waals surface area (Å²) < 4.78 is 0. The molecule has 0 aromatic carbocycles. The van der Waals surface area contributed by atoms with Gasteiger partial charge in [0, 0.05) is 25.6 Å². The quantitative estimate of drug-likeness (QED) is 0.695. The van der Waals surface area contributed by atoms with Crippen LogP contribution in [0.3, 0.4) is 0 Å². The fourth-order valence-electron chi connectivity index (χ4n) is 2.91. The van der Waals surface area contributed by atoms with Gasteiger partial charge in [-0.1, -0.05) is 0 Å². The molecule has 0 spiro atoms. The minimum Gasteiger partial charge on any atom is -0.343 e. The van der Waals surface area contributed by atoms with Gasteiger partial charge in [0.15, 0.2) is 5.78 Å². The first-order valence-corrected chi connectivity index (χ1v) is 6.21. The van der Waals surface area contributed by atoms with Crippen LogP contribution >= 0.6 is 0 Å². The van der Waals surface area contributed by atoms with E-state index in [4.69, 9.17) is 0 Å². The molecule has 4 heteroatoms. The van der Waals surface area contributed by atoms with Crippen LogP contribution in [0.15, 0.2) is 0 Å². The first-order valence-electron chi connectivity index (χ1n) is 6.21. The Hall–Kier alpha value is -0.900. The van der Waals surface area contributed by atoms with E-state index in [9.17, 15) is 9.59 Å². The molecule has 0 radical (unpaired) electrons. The van der Waals surface area contributed by atoms with Crippen molar-refractivity contribution < 1.29 is 9.59 Å². The topological polar surface area (TPSA) is 40.6 Å².